The molecule has 0 aliphatic carbocycles. The Morgan fingerprint density at radius 1 is 0.441 bits per heavy atom. The first kappa shape index (κ1) is 40.4. The minimum atomic E-state index is -0.142. The Balaban J connectivity index is 1.06. The summed E-state index contributed by atoms with van der Waals surface area (Å²) < 4.78 is 0. The van der Waals surface area contributed by atoms with Crippen LogP contribution in [0.1, 0.15) is 22.9 Å². The van der Waals surface area contributed by atoms with Gasteiger partial charge in [-0.2, -0.15) is 0 Å². The summed E-state index contributed by atoms with van der Waals surface area (Å²) in [4.78, 5) is 41.5. The van der Waals surface area contributed by atoms with E-state index in [0.29, 0.717) is 28.9 Å². The minimum absolute atomic E-state index is 0.142. The van der Waals surface area contributed by atoms with Crippen LogP contribution in [0.2, 0.25) is 0 Å². The van der Waals surface area contributed by atoms with Crippen LogP contribution in [0.5, 0.6) is 0 Å². The average Bonchev–Trinajstić information content (AvgIpc) is 3.41. The molecule has 7 heterocycles. The lowest BCUT2D eigenvalue weighted by molar-refractivity contribution is 0.391. The summed E-state index contributed by atoms with van der Waals surface area (Å²) in [6.07, 6.45) is 13.9. The molecule has 1 unspecified atom stereocenters. The van der Waals surface area contributed by atoms with Gasteiger partial charge >= 0.3 is 0 Å². The van der Waals surface area contributed by atoms with Crippen LogP contribution in [0.4, 0.5) is 0 Å². The topological polar surface area (TPSA) is 106 Å². The van der Waals surface area contributed by atoms with Gasteiger partial charge in [-0.15, -0.1) is 0 Å². The van der Waals surface area contributed by atoms with Gasteiger partial charge in [-0.3, -0.25) is 24.9 Å². The molecule has 9 heteroatoms. The third-order valence-electron chi connectivity index (χ3n) is 12.6. The largest absolute Gasteiger partial charge is 0.370 e. The quantitative estimate of drug-likeness (QED) is 0.138. The van der Waals surface area contributed by atoms with E-state index in [-0.39, 0.29) is 6.04 Å². The summed E-state index contributed by atoms with van der Waals surface area (Å²) >= 11 is 0. The summed E-state index contributed by atoms with van der Waals surface area (Å²) in [7, 11) is 2.12. The van der Waals surface area contributed by atoms with Gasteiger partial charge in [-0.1, -0.05) is 78.9 Å². The van der Waals surface area contributed by atoms with Gasteiger partial charge in [0.2, 0.25) is 0 Å². The molecule has 9 nitrogen and oxygen atoms in total. The van der Waals surface area contributed by atoms with Crippen molar-refractivity contribution in [3.05, 3.63) is 224 Å². The van der Waals surface area contributed by atoms with Gasteiger partial charge in [0.15, 0.2) is 17.5 Å². The Morgan fingerprint density at radius 3 is 1.76 bits per heavy atom. The van der Waals surface area contributed by atoms with Crippen molar-refractivity contribution in [2.45, 2.75) is 13.0 Å². The van der Waals surface area contributed by atoms with Gasteiger partial charge in [0.05, 0.1) is 22.9 Å². The molecule has 0 saturated heterocycles. The monoisotopic (exact) mass is 875 g/mol. The number of nitrogens with zero attached hydrogens (tertiary/aromatic N) is 9. The molecule has 0 saturated carbocycles. The molecule has 0 spiro atoms. The average molecular weight is 876 g/mol. The van der Waals surface area contributed by atoms with Gasteiger partial charge in [0.1, 0.15) is 11.4 Å². The molecule has 1 atom stereocenters. The van der Waals surface area contributed by atoms with Crippen LogP contribution in [0, 0.1) is 6.92 Å². The van der Waals surface area contributed by atoms with Crippen molar-refractivity contribution in [3.63, 3.8) is 0 Å². The highest BCUT2D eigenvalue weighted by molar-refractivity contribution is 6.14. The van der Waals surface area contributed by atoms with E-state index in [0.717, 1.165) is 83.3 Å². The molecule has 11 aromatic rings. The first-order chi connectivity index (χ1) is 33.5. The fourth-order valence-corrected chi connectivity index (χ4v) is 9.21. The third-order valence-corrected chi connectivity index (χ3v) is 12.6. The van der Waals surface area contributed by atoms with Crippen LogP contribution < -0.4 is 0 Å². The fraction of sp³-hybridized carbons (Fsp3) is 0.0508. The number of pyridine rings is 5. The molecule has 322 valence electrons. The summed E-state index contributed by atoms with van der Waals surface area (Å²) in [5.41, 5.74) is 12.9. The summed E-state index contributed by atoms with van der Waals surface area (Å²) in [6, 6.07) is 56.3. The van der Waals surface area contributed by atoms with Gasteiger partial charge in [-0.25, -0.2) is 15.0 Å². The zero-order valence-corrected chi connectivity index (χ0v) is 37.2. The van der Waals surface area contributed by atoms with Crippen LogP contribution in [0.3, 0.4) is 0 Å². The lowest BCUT2D eigenvalue weighted by Gasteiger charge is -2.30. The van der Waals surface area contributed by atoms with Crippen molar-refractivity contribution in [3.8, 4) is 68.1 Å². The Bertz CT molecular complexity index is 3660. The van der Waals surface area contributed by atoms with Crippen LogP contribution in [-0.2, 0) is 0 Å². The van der Waals surface area contributed by atoms with Crippen LogP contribution in [0.15, 0.2) is 207 Å². The molecular formula is C59H41N9. The SMILES string of the molecule is Cc1ccc2c(C3=CC(c4cc(-c5nc(-c6ccc(-c7ccccn7)cn6)nc(-c6ccc(-c7ccccn7)cn6)n5)cc(-c5cc6ccccc6c6ccccc56)c4)N(C)C=C3)cccc2n1. The van der Waals surface area contributed by atoms with Gasteiger partial charge in [0, 0.05) is 65.8 Å². The highest BCUT2D eigenvalue weighted by Crippen LogP contribution is 2.41. The molecule has 0 fully saturated rings. The maximum atomic E-state index is 5.23. The van der Waals surface area contributed by atoms with Crippen molar-refractivity contribution >= 4 is 38.0 Å². The Kier molecular flexibility index (Phi) is 10.1. The molecule has 12 rings (SSSR count). The van der Waals surface area contributed by atoms with E-state index >= 15 is 0 Å². The maximum absolute atomic E-state index is 5.23. The predicted octanol–water partition coefficient (Wildman–Crippen LogP) is 13.2. The fourth-order valence-electron chi connectivity index (χ4n) is 9.21. The molecule has 0 N–H and O–H groups in total. The summed E-state index contributed by atoms with van der Waals surface area (Å²) in [5.74, 6) is 1.35. The molecule has 0 amide bonds. The number of likely N-dealkylation sites (N-methyl/N-ethyl adjacent to an activating group) is 1. The summed E-state index contributed by atoms with van der Waals surface area (Å²) in [6.45, 7) is 2.03. The maximum Gasteiger partial charge on any atom is 0.182 e. The van der Waals surface area contributed by atoms with E-state index in [4.69, 9.17) is 29.9 Å². The zero-order chi connectivity index (χ0) is 45.6. The number of hydrogen-bond acceptors (Lipinski definition) is 9. The van der Waals surface area contributed by atoms with Gasteiger partial charge < -0.3 is 4.90 Å². The van der Waals surface area contributed by atoms with E-state index < -0.39 is 0 Å². The highest BCUT2D eigenvalue weighted by Gasteiger charge is 2.23. The second kappa shape index (κ2) is 17.0. The first-order valence-corrected chi connectivity index (χ1v) is 22.6. The van der Waals surface area contributed by atoms with Crippen molar-refractivity contribution in [2.24, 2.45) is 0 Å². The number of fused-ring (bicyclic) bond motifs is 4. The van der Waals surface area contributed by atoms with Crippen molar-refractivity contribution < 1.29 is 0 Å². The van der Waals surface area contributed by atoms with Crippen LogP contribution in [-0.4, -0.2) is 51.8 Å². The number of benzene rings is 5. The Hall–Kier alpha value is -9.08. The zero-order valence-electron chi connectivity index (χ0n) is 37.2. The number of allylic oxidation sites excluding steroid dienone is 2. The Morgan fingerprint density at radius 2 is 1.09 bits per heavy atom. The van der Waals surface area contributed by atoms with E-state index in [1.54, 1.807) is 12.4 Å². The molecule has 6 aromatic heterocycles. The highest BCUT2D eigenvalue weighted by atomic mass is 15.1. The molecular weight excluding hydrogens is 835 g/mol. The van der Waals surface area contributed by atoms with Crippen molar-refractivity contribution in [1.82, 2.24) is 44.8 Å². The molecule has 1 aliphatic rings. The first-order valence-electron chi connectivity index (χ1n) is 22.6. The van der Waals surface area contributed by atoms with E-state index in [1.165, 1.54) is 10.8 Å². The number of rotatable bonds is 8. The standard InChI is InChI=1S/C59H41N9/c1-37-20-23-49-46(16-11-19-53(49)64-37)39-26-29-68(2)56(34-39)43-30-42(50-33-38-12-3-4-13-45(38)47-14-5-6-15-48(47)50)31-44(32-43)57-65-58(54-24-21-40(35-62-54)51-17-7-9-27-60-51)67-59(66-57)55-25-22-41(36-63-55)52-18-8-10-28-61-52/h3-36,56H,1-2H3. The van der Waals surface area contributed by atoms with Crippen molar-refractivity contribution in [2.75, 3.05) is 7.05 Å². The van der Waals surface area contributed by atoms with E-state index in [1.807, 2.05) is 80.0 Å². The van der Waals surface area contributed by atoms with Crippen LogP contribution >= 0.6 is 0 Å². The second-order valence-corrected chi connectivity index (χ2v) is 17.0. The third kappa shape index (κ3) is 7.61. The number of hydrogen-bond donors (Lipinski definition) is 0. The predicted molar refractivity (Wildman–Crippen MR) is 273 cm³/mol. The van der Waals surface area contributed by atoms with E-state index in [9.17, 15) is 0 Å². The molecule has 0 bridgehead atoms. The van der Waals surface area contributed by atoms with E-state index in [2.05, 4.69) is 143 Å². The van der Waals surface area contributed by atoms with Gasteiger partial charge in [0.25, 0.3) is 0 Å². The van der Waals surface area contributed by atoms with Crippen molar-refractivity contribution in [1.29, 1.82) is 0 Å². The lowest BCUT2D eigenvalue weighted by atomic mass is 9.88. The number of aryl methyl sites for hydroxylation is 1. The lowest BCUT2D eigenvalue weighted by Crippen LogP contribution is -2.20. The molecule has 1 aliphatic heterocycles. The molecule has 68 heavy (non-hydrogen) atoms. The van der Waals surface area contributed by atoms with Gasteiger partial charge in [-0.05, 0) is 153 Å². The molecule has 0 radical (unpaired) electrons. The normalized spacial score (nSPS) is 13.6. The summed E-state index contributed by atoms with van der Waals surface area (Å²) in [5, 5.41) is 5.84. The number of aromatic nitrogens is 8. The minimum Gasteiger partial charge on any atom is -0.370 e. The van der Waals surface area contributed by atoms with Crippen LogP contribution in [0.25, 0.3) is 106 Å². The second-order valence-electron chi connectivity index (χ2n) is 17.0. The Labute approximate surface area is 393 Å². The smallest absolute Gasteiger partial charge is 0.182 e. The molecule has 5 aromatic carbocycles.